The van der Waals surface area contributed by atoms with E-state index in [9.17, 15) is 23.1 Å². The third-order valence-electron chi connectivity index (χ3n) is 5.28. The molecule has 1 atom stereocenters. The van der Waals surface area contributed by atoms with Gasteiger partial charge in [-0.1, -0.05) is 0 Å². The molecule has 0 saturated heterocycles. The van der Waals surface area contributed by atoms with E-state index in [0.717, 1.165) is 34.4 Å². The number of aryl methyl sites for hydroxylation is 2. The molecule has 2 N–H and O–H groups in total. The van der Waals surface area contributed by atoms with Gasteiger partial charge in [-0.25, -0.2) is 4.98 Å². The minimum Gasteiger partial charge on any atom is -0.392 e. The number of nitrogens with one attached hydrogen (secondary N) is 1. The van der Waals surface area contributed by atoms with Crippen molar-refractivity contribution in [3.63, 3.8) is 0 Å². The van der Waals surface area contributed by atoms with Crippen molar-refractivity contribution >= 4 is 28.0 Å². The van der Waals surface area contributed by atoms with E-state index >= 15 is 0 Å². The second kappa shape index (κ2) is 7.42. The maximum atomic E-state index is 13.0. The van der Waals surface area contributed by atoms with E-state index in [4.69, 9.17) is 0 Å². The van der Waals surface area contributed by atoms with E-state index in [1.165, 1.54) is 12.1 Å². The molecule has 31 heavy (non-hydrogen) atoms. The fourth-order valence-corrected chi connectivity index (χ4v) is 3.63. The average molecular weight is 430 g/mol. The predicted molar refractivity (Wildman–Crippen MR) is 111 cm³/mol. The first-order valence-corrected chi connectivity index (χ1v) is 9.69. The van der Waals surface area contributed by atoms with E-state index in [2.05, 4.69) is 10.3 Å². The number of aliphatic hydroxyl groups excluding tert-OH is 1. The first kappa shape index (κ1) is 20.9. The van der Waals surface area contributed by atoms with E-state index in [1.807, 2.05) is 18.5 Å². The quantitative estimate of drug-likeness (QED) is 0.515. The summed E-state index contributed by atoms with van der Waals surface area (Å²) in [6.07, 6.45) is -5.08. The van der Waals surface area contributed by atoms with Gasteiger partial charge in [0.1, 0.15) is 5.82 Å². The fourth-order valence-electron chi connectivity index (χ4n) is 3.63. The van der Waals surface area contributed by atoms with Crippen LogP contribution in [0.15, 0.2) is 42.5 Å². The zero-order valence-corrected chi connectivity index (χ0v) is 17.2. The highest BCUT2D eigenvalue weighted by molar-refractivity contribution is 6.09. The summed E-state index contributed by atoms with van der Waals surface area (Å²) in [5.74, 6) is 0.411. The Hall–Kier alpha value is -3.33. The van der Waals surface area contributed by atoms with E-state index < -0.39 is 17.8 Å². The Kier molecular flexibility index (Phi) is 5.01. The number of hydrogen-bond donors (Lipinski definition) is 2. The molecule has 0 radical (unpaired) electrons. The van der Waals surface area contributed by atoms with Gasteiger partial charge in [0.25, 0.3) is 5.91 Å². The normalized spacial score (nSPS) is 13.1. The molecule has 2 heterocycles. The van der Waals surface area contributed by atoms with Crippen LogP contribution in [0.3, 0.4) is 0 Å². The molecule has 162 valence electrons. The number of carbonyl (C=O) groups is 1. The number of aromatic nitrogens is 3. The van der Waals surface area contributed by atoms with Gasteiger partial charge >= 0.3 is 6.18 Å². The molecule has 0 aliphatic carbocycles. The molecule has 1 unspecified atom stereocenters. The number of halogens is 3. The third-order valence-corrected chi connectivity index (χ3v) is 5.28. The molecule has 0 fully saturated rings. The Morgan fingerprint density at radius 3 is 2.48 bits per heavy atom. The third kappa shape index (κ3) is 3.65. The SMILES string of the molecule is Cc1nc2c(c3cc(C(=O)NCC(C)O)ccc3n2-c2ccc(C(F)(F)F)cc2)n1C. The van der Waals surface area contributed by atoms with Crippen molar-refractivity contribution in [3.05, 3.63) is 59.4 Å². The topological polar surface area (TPSA) is 72.1 Å². The van der Waals surface area contributed by atoms with Gasteiger partial charge in [0.05, 0.1) is 22.7 Å². The highest BCUT2D eigenvalue weighted by Crippen LogP contribution is 2.34. The molecule has 9 heteroatoms. The first-order valence-electron chi connectivity index (χ1n) is 9.69. The lowest BCUT2D eigenvalue weighted by molar-refractivity contribution is -0.137. The number of aliphatic hydroxyl groups is 1. The van der Waals surface area contributed by atoms with Crippen LogP contribution in [0.1, 0.15) is 28.7 Å². The number of alkyl halides is 3. The minimum absolute atomic E-state index is 0.129. The molecule has 0 spiro atoms. The number of nitrogens with zero attached hydrogens (tertiary/aromatic N) is 3. The van der Waals surface area contributed by atoms with Crippen LogP contribution in [-0.4, -0.2) is 37.8 Å². The Labute approximate surface area is 175 Å². The van der Waals surface area contributed by atoms with Crippen LogP contribution in [-0.2, 0) is 13.2 Å². The monoisotopic (exact) mass is 430 g/mol. The predicted octanol–water partition coefficient (Wildman–Crippen LogP) is 3.96. The number of amides is 1. The highest BCUT2D eigenvalue weighted by Gasteiger charge is 2.30. The van der Waals surface area contributed by atoms with Gasteiger partial charge in [-0.15, -0.1) is 0 Å². The Balaban J connectivity index is 1.89. The molecule has 4 aromatic rings. The molecule has 2 aromatic carbocycles. The summed E-state index contributed by atoms with van der Waals surface area (Å²) in [5.41, 5.74) is 2.32. The van der Waals surface area contributed by atoms with Crippen molar-refractivity contribution < 1.29 is 23.1 Å². The summed E-state index contributed by atoms with van der Waals surface area (Å²) in [6.45, 7) is 3.54. The van der Waals surface area contributed by atoms with Crippen molar-refractivity contribution in [2.24, 2.45) is 7.05 Å². The van der Waals surface area contributed by atoms with Crippen molar-refractivity contribution in [1.82, 2.24) is 19.4 Å². The number of hydrogen-bond acceptors (Lipinski definition) is 3. The molecule has 6 nitrogen and oxygen atoms in total. The minimum atomic E-state index is -4.41. The van der Waals surface area contributed by atoms with E-state index in [-0.39, 0.29) is 12.5 Å². The number of benzene rings is 2. The summed E-state index contributed by atoms with van der Waals surface area (Å²) in [6, 6.07) is 10.0. The summed E-state index contributed by atoms with van der Waals surface area (Å²) in [4.78, 5) is 17.1. The second-order valence-corrected chi connectivity index (χ2v) is 7.56. The molecule has 0 aliphatic rings. The molecule has 0 saturated carbocycles. The van der Waals surface area contributed by atoms with Crippen LogP contribution in [0, 0.1) is 6.92 Å². The van der Waals surface area contributed by atoms with Gasteiger partial charge in [-0.2, -0.15) is 13.2 Å². The molecule has 1 amide bonds. The lowest BCUT2D eigenvalue weighted by atomic mass is 10.1. The number of fused-ring (bicyclic) bond motifs is 3. The fraction of sp³-hybridized carbons (Fsp3) is 0.273. The van der Waals surface area contributed by atoms with Crippen LogP contribution in [0.5, 0.6) is 0 Å². The molecule has 0 aliphatic heterocycles. The summed E-state index contributed by atoms with van der Waals surface area (Å²) >= 11 is 0. The molecule has 4 rings (SSSR count). The van der Waals surface area contributed by atoms with Gasteiger partial charge in [-0.3, -0.25) is 9.36 Å². The van der Waals surface area contributed by atoms with Gasteiger partial charge in [0.2, 0.25) is 0 Å². The lowest BCUT2D eigenvalue weighted by Gasteiger charge is -2.10. The smallest absolute Gasteiger partial charge is 0.392 e. The largest absolute Gasteiger partial charge is 0.416 e. The zero-order chi connectivity index (χ0) is 22.5. The van der Waals surface area contributed by atoms with Crippen LogP contribution in [0.25, 0.3) is 27.8 Å². The van der Waals surface area contributed by atoms with E-state index in [1.54, 1.807) is 29.7 Å². The Morgan fingerprint density at radius 1 is 1.19 bits per heavy atom. The maximum Gasteiger partial charge on any atom is 0.416 e. The highest BCUT2D eigenvalue weighted by atomic mass is 19.4. The number of imidazole rings is 1. The van der Waals surface area contributed by atoms with Crippen LogP contribution < -0.4 is 5.32 Å². The van der Waals surface area contributed by atoms with E-state index in [0.29, 0.717) is 16.9 Å². The summed E-state index contributed by atoms with van der Waals surface area (Å²) in [5, 5.41) is 12.8. The average Bonchev–Trinajstić information content (AvgIpc) is 3.18. The summed E-state index contributed by atoms with van der Waals surface area (Å²) in [7, 11) is 1.85. The second-order valence-electron chi connectivity index (χ2n) is 7.56. The van der Waals surface area contributed by atoms with Gasteiger partial charge < -0.3 is 15.0 Å². The Bertz CT molecular complexity index is 1280. The molecular formula is C22H21F3N4O2. The summed E-state index contributed by atoms with van der Waals surface area (Å²) < 4.78 is 42.6. The van der Waals surface area contributed by atoms with Crippen LogP contribution >= 0.6 is 0 Å². The standard InChI is InChI=1S/C22H21F3N4O2/c1-12(30)11-26-21(31)14-4-9-18-17(10-14)19-20(27-13(2)28(19)3)29(18)16-7-5-15(6-8-16)22(23,24)25/h4-10,12,30H,11H2,1-3H3,(H,26,31). The van der Waals surface area contributed by atoms with Gasteiger partial charge in [0.15, 0.2) is 5.65 Å². The zero-order valence-electron chi connectivity index (χ0n) is 17.2. The molecular weight excluding hydrogens is 409 g/mol. The number of rotatable bonds is 4. The van der Waals surface area contributed by atoms with Crippen molar-refractivity contribution in [2.75, 3.05) is 6.54 Å². The molecule has 2 aromatic heterocycles. The van der Waals surface area contributed by atoms with Gasteiger partial charge in [-0.05, 0) is 56.3 Å². The van der Waals surface area contributed by atoms with Crippen molar-refractivity contribution in [1.29, 1.82) is 0 Å². The van der Waals surface area contributed by atoms with Gasteiger partial charge in [0, 0.05) is 30.2 Å². The van der Waals surface area contributed by atoms with Crippen molar-refractivity contribution in [3.8, 4) is 5.69 Å². The Morgan fingerprint density at radius 2 is 1.87 bits per heavy atom. The molecule has 0 bridgehead atoms. The van der Waals surface area contributed by atoms with Crippen molar-refractivity contribution in [2.45, 2.75) is 26.1 Å². The number of carbonyl (C=O) groups excluding carboxylic acids is 1. The maximum absolute atomic E-state index is 13.0. The first-order chi connectivity index (χ1) is 14.6. The van der Waals surface area contributed by atoms with Crippen LogP contribution in [0.2, 0.25) is 0 Å². The van der Waals surface area contributed by atoms with Crippen LogP contribution in [0.4, 0.5) is 13.2 Å². The lowest BCUT2D eigenvalue weighted by Crippen LogP contribution is -2.30.